The first kappa shape index (κ1) is 15.0. The Balaban J connectivity index is 2.00. The lowest BCUT2D eigenvalue weighted by molar-refractivity contribution is 0.310. The van der Waals surface area contributed by atoms with E-state index in [0.717, 1.165) is 31.4 Å². The fourth-order valence-corrected chi connectivity index (χ4v) is 2.94. The zero-order valence-electron chi connectivity index (χ0n) is 12.2. The Morgan fingerprint density at radius 1 is 1.00 bits per heavy atom. The molecule has 3 aromatic carbocycles. The molecule has 4 heteroatoms. The first-order valence-corrected chi connectivity index (χ1v) is 7.99. The van der Waals surface area contributed by atoms with Gasteiger partial charge in [0, 0.05) is 26.1 Å². The number of rotatable bonds is 4. The Bertz CT molecular complexity index is 803. The van der Waals surface area contributed by atoms with E-state index in [1.807, 2.05) is 54.6 Å². The maximum absolute atomic E-state index is 6.12. The van der Waals surface area contributed by atoms with Gasteiger partial charge in [0.1, 0.15) is 18.1 Å². The molecule has 0 aromatic heterocycles. The summed E-state index contributed by atoms with van der Waals surface area (Å²) in [6.45, 7) is 0.516. The molecule has 0 atom stereocenters. The maximum Gasteiger partial charge on any atom is 0.129 e. The lowest BCUT2D eigenvalue weighted by Crippen LogP contribution is -1.99. The summed E-state index contributed by atoms with van der Waals surface area (Å²) in [5, 5.41) is 2.08. The molecular formula is C18H16INO2. The van der Waals surface area contributed by atoms with Crippen molar-refractivity contribution in [2.24, 2.45) is 0 Å². The second-order valence-electron chi connectivity index (χ2n) is 4.96. The van der Waals surface area contributed by atoms with Gasteiger partial charge in [-0.15, -0.1) is 0 Å². The Hall–Kier alpha value is -1.95. The molecule has 0 unspecified atom stereocenters. The molecule has 0 bridgehead atoms. The summed E-state index contributed by atoms with van der Waals surface area (Å²) < 4.78 is 12.3. The zero-order chi connectivity index (χ0) is 15.5. The fraction of sp³-hybridized carbons (Fsp3) is 0.111. The second-order valence-corrected chi connectivity index (χ2v) is 6.04. The maximum atomic E-state index is 6.12. The van der Waals surface area contributed by atoms with Crippen molar-refractivity contribution in [3.63, 3.8) is 0 Å². The summed E-state index contributed by atoms with van der Waals surface area (Å²) >= 11 is 2.26. The number of ether oxygens (including phenoxy) is 2. The Kier molecular flexibility index (Phi) is 4.38. The highest BCUT2D eigenvalue weighted by Gasteiger charge is 2.11. The van der Waals surface area contributed by atoms with Crippen molar-refractivity contribution in [1.29, 1.82) is 0 Å². The highest BCUT2D eigenvalue weighted by Crippen LogP contribution is 2.36. The molecule has 0 fully saturated rings. The Morgan fingerprint density at radius 3 is 2.50 bits per heavy atom. The van der Waals surface area contributed by atoms with Crippen molar-refractivity contribution in [1.82, 2.24) is 0 Å². The van der Waals surface area contributed by atoms with Crippen molar-refractivity contribution in [3.05, 3.63) is 63.7 Å². The number of fused-ring (bicyclic) bond motifs is 1. The van der Waals surface area contributed by atoms with Crippen molar-refractivity contribution in [3.8, 4) is 11.5 Å². The number of methoxy groups -OCH3 is 1. The summed E-state index contributed by atoms with van der Waals surface area (Å²) in [6, 6.07) is 17.9. The normalized spacial score (nSPS) is 10.6. The van der Waals surface area contributed by atoms with E-state index < -0.39 is 0 Å². The van der Waals surface area contributed by atoms with Gasteiger partial charge >= 0.3 is 0 Å². The minimum atomic E-state index is 0.516. The molecule has 0 aliphatic heterocycles. The number of nitrogens with two attached hydrogens (primary N) is 1. The number of nitrogen functional groups attached to an aromatic ring is 1. The third-order valence-corrected chi connectivity index (χ3v) is 4.71. The van der Waals surface area contributed by atoms with E-state index in [1.54, 1.807) is 7.11 Å². The van der Waals surface area contributed by atoms with E-state index in [-0.39, 0.29) is 0 Å². The summed E-state index contributed by atoms with van der Waals surface area (Å²) in [5.74, 6) is 1.60. The van der Waals surface area contributed by atoms with Crippen LogP contribution in [-0.2, 0) is 6.61 Å². The quantitative estimate of drug-likeness (QED) is 0.509. The van der Waals surface area contributed by atoms with E-state index in [4.69, 9.17) is 15.2 Å². The van der Waals surface area contributed by atoms with Crippen molar-refractivity contribution in [2.45, 2.75) is 6.61 Å². The minimum absolute atomic E-state index is 0.516. The number of anilines is 1. The summed E-state index contributed by atoms with van der Waals surface area (Å²) in [4.78, 5) is 0. The van der Waals surface area contributed by atoms with Crippen LogP contribution in [0, 0.1) is 3.57 Å². The van der Waals surface area contributed by atoms with E-state index in [0.29, 0.717) is 12.3 Å². The van der Waals surface area contributed by atoms with Crippen molar-refractivity contribution >= 4 is 39.1 Å². The van der Waals surface area contributed by atoms with Gasteiger partial charge in [-0.2, -0.15) is 0 Å². The van der Waals surface area contributed by atoms with Crippen molar-refractivity contribution in [2.75, 3.05) is 12.8 Å². The van der Waals surface area contributed by atoms with Gasteiger partial charge in [-0.25, -0.2) is 0 Å². The molecule has 0 aliphatic rings. The molecule has 0 saturated carbocycles. The SMILES string of the molecule is COc1ccc2c(OCc3ccccc3)cc(N)c(I)c2c1. The van der Waals surface area contributed by atoms with Gasteiger partial charge < -0.3 is 15.2 Å². The van der Waals surface area contributed by atoms with Gasteiger partial charge in [0.2, 0.25) is 0 Å². The fourth-order valence-electron chi connectivity index (χ4n) is 2.34. The van der Waals surface area contributed by atoms with Crippen LogP contribution in [0.1, 0.15) is 5.56 Å². The highest BCUT2D eigenvalue weighted by atomic mass is 127. The number of hydrogen-bond acceptors (Lipinski definition) is 3. The molecule has 112 valence electrons. The first-order chi connectivity index (χ1) is 10.7. The van der Waals surface area contributed by atoms with Crippen LogP contribution in [0.4, 0.5) is 5.69 Å². The smallest absolute Gasteiger partial charge is 0.129 e. The van der Waals surface area contributed by atoms with E-state index in [1.165, 1.54) is 0 Å². The van der Waals surface area contributed by atoms with Gasteiger partial charge in [-0.3, -0.25) is 0 Å². The molecule has 22 heavy (non-hydrogen) atoms. The summed E-state index contributed by atoms with van der Waals surface area (Å²) in [5.41, 5.74) is 7.96. The molecule has 3 rings (SSSR count). The molecule has 2 N–H and O–H groups in total. The van der Waals surface area contributed by atoms with Crippen LogP contribution in [0.5, 0.6) is 11.5 Å². The molecule has 0 radical (unpaired) electrons. The summed E-state index contributed by atoms with van der Waals surface area (Å²) in [6.07, 6.45) is 0. The minimum Gasteiger partial charge on any atom is -0.497 e. The molecule has 3 aromatic rings. The third kappa shape index (κ3) is 2.97. The average Bonchev–Trinajstić information content (AvgIpc) is 2.57. The molecular weight excluding hydrogens is 389 g/mol. The van der Waals surface area contributed by atoms with Gasteiger partial charge in [-0.1, -0.05) is 30.3 Å². The molecule has 0 spiro atoms. The lowest BCUT2D eigenvalue weighted by atomic mass is 10.1. The molecule has 0 heterocycles. The second kappa shape index (κ2) is 6.44. The van der Waals surface area contributed by atoms with Gasteiger partial charge in [0.05, 0.1) is 7.11 Å². The predicted octanol–water partition coefficient (Wildman–Crippen LogP) is 4.61. The largest absolute Gasteiger partial charge is 0.497 e. The van der Waals surface area contributed by atoms with Crippen LogP contribution in [-0.4, -0.2) is 7.11 Å². The van der Waals surface area contributed by atoms with Crippen LogP contribution < -0.4 is 15.2 Å². The lowest BCUT2D eigenvalue weighted by Gasteiger charge is -2.13. The first-order valence-electron chi connectivity index (χ1n) is 6.91. The van der Waals surface area contributed by atoms with Gasteiger partial charge in [-0.05, 0) is 46.4 Å². The summed E-state index contributed by atoms with van der Waals surface area (Å²) in [7, 11) is 1.66. The van der Waals surface area contributed by atoms with Gasteiger partial charge in [0.15, 0.2) is 0 Å². The number of benzene rings is 3. The number of halogens is 1. The Labute approximate surface area is 143 Å². The van der Waals surface area contributed by atoms with Crippen molar-refractivity contribution < 1.29 is 9.47 Å². The Morgan fingerprint density at radius 2 is 1.77 bits per heavy atom. The molecule has 0 amide bonds. The molecule has 0 aliphatic carbocycles. The van der Waals surface area contributed by atoms with Crippen LogP contribution in [0.2, 0.25) is 0 Å². The standard InChI is InChI=1S/C18H16INO2/c1-21-13-7-8-14-15(9-13)18(19)16(20)10-17(14)22-11-12-5-3-2-4-6-12/h2-10H,11,20H2,1H3. The van der Waals surface area contributed by atoms with E-state index in [9.17, 15) is 0 Å². The average molecular weight is 405 g/mol. The van der Waals surface area contributed by atoms with Crippen LogP contribution in [0.15, 0.2) is 54.6 Å². The number of hydrogen-bond donors (Lipinski definition) is 1. The topological polar surface area (TPSA) is 44.5 Å². The zero-order valence-corrected chi connectivity index (χ0v) is 14.3. The van der Waals surface area contributed by atoms with E-state index in [2.05, 4.69) is 22.6 Å². The monoisotopic (exact) mass is 405 g/mol. The third-order valence-electron chi connectivity index (χ3n) is 3.51. The van der Waals surface area contributed by atoms with Crippen LogP contribution in [0.3, 0.4) is 0 Å². The van der Waals surface area contributed by atoms with E-state index >= 15 is 0 Å². The van der Waals surface area contributed by atoms with Gasteiger partial charge in [0.25, 0.3) is 0 Å². The van der Waals surface area contributed by atoms with Crippen LogP contribution in [0.25, 0.3) is 10.8 Å². The molecule has 0 saturated heterocycles. The van der Waals surface area contributed by atoms with Crippen LogP contribution >= 0.6 is 22.6 Å². The predicted molar refractivity (Wildman–Crippen MR) is 98.4 cm³/mol. The highest BCUT2D eigenvalue weighted by molar-refractivity contribution is 14.1. The molecule has 3 nitrogen and oxygen atoms in total.